The highest BCUT2D eigenvalue weighted by molar-refractivity contribution is 5.85. The highest BCUT2D eigenvalue weighted by atomic mass is 35.5. The third-order valence-corrected chi connectivity index (χ3v) is 2.77. The summed E-state index contributed by atoms with van der Waals surface area (Å²) < 4.78 is 38.6. The SMILES string of the molecule is Cl.Cn1nc(CNCc2cccc(O)c2)cc1C(F)(F)F. The van der Waals surface area contributed by atoms with Crippen LogP contribution in [0.3, 0.4) is 0 Å². The van der Waals surface area contributed by atoms with E-state index in [2.05, 4.69) is 10.4 Å². The number of aryl methyl sites for hydroxylation is 1. The minimum atomic E-state index is -4.40. The molecule has 0 spiro atoms. The fourth-order valence-electron chi connectivity index (χ4n) is 1.88. The van der Waals surface area contributed by atoms with Gasteiger partial charge in [-0.25, -0.2) is 0 Å². The Labute approximate surface area is 126 Å². The Morgan fingerprint density at radius 1 is 1.24 bits per heavy atom. The number of alkyl halides is 3. The van der Waals surface area contributed by atoms with Crippen molar-refractivity contribution < 1.29 is 18.3 Å². The molecule has 2 N–H and O–H groups in total. The number of halogens is 4. The fourth-order valence-corrected chi connectivity index (χ4v) is 1.88. The van der Waals surface area contributed by atoms with E-state index in [1.54, 1.807) is 18.2 Å². The molecule has 116 valence electrons. The average Bonchev–Trinajstić information content (AvgIpc) is 2.70. The number of hydrogen-bond acceptors (Lipinski definition) is 3. The second kappa shape index (κ2) is 6.82. The largest absolute Gasteiger partial charge is 0.508 e. The number of nitrogens with zero attached hydrogens (tertiary/aromatic N) is 2. The van der Waals surface area contributed by atoms with Crippen LogP contribution in [0.1, 0.15) is 17.0 Å². The van der Waals surface area contributed by atoms with Gasteiger partial charge in [-0.2, -0.15) is 18.3 Å². The number of aromatic hydroxyl groups is 1. The molecule has 0 bridgehead atoms. The first-order valence-electron chi connectivity index (χ1n) is 5.95. The Balaban J connectivity index is 0.00000220. The van der Waals surface area contributed by atoms with Gasteiger partial charge in [0.25, 0.3) is 0 Å². The van der Waals surface area contributed by atoms with Gasteiger partial charge in [-0.15, -0.1) is 12.4 Å². The number of phenols is 1. The van der Waals surface area contributed by atoms with Crippen molar-refractivity contribution in [3.05, 3.63) is 47.3 Å². The van der Waals surface area contributed by atoms with Gasteiger partial charge < -0.3 is 10.4 Å². The molecule has 0 saturated heterocycles. The molecule has 8 heteroatoms. The van der Waals surface area contributed by atoms with E-state index >= 15 is 0 Å². The van der Waals surface area contributed by atoms with Gasteiger partial charge in [0.2, 0.25) is 0 Å². The topological polar surface area (TPSA) is 50.1 Å². The van der Waals surface area contributed by atoms with Crippen LogP contribution < -0.4 is 5.32 Å². The fraction of sp³-hybridized carbons (Fsp3) is 0.308. The Morgan fingerprint density at radius 3 is 2.52 bits per heavy atom. The van der Waals surface area contributed by atoms with Crippen molar-refractivity contribution in [1.82, 2.24) is 15.1 Å². The number of hydrogen-bond donors (Lipinski definition) is 2. The maximum absolute atomic E-state index is 12.6. The van der Waals surface area contributed by atoms with E-state index < -0.39 is 11.9 Å². The molecule has 21 heavy (non-hydrogen) atoms. The summed E-state index contributed by atoms with van der Waals surface area (Å²) in [6.45, 7) is 0.659. The van der Waals surface area contributed by atoms with Gasteiger partial charge in [-0.3, -0.25) is 4.68 Å². The maximum Gasteiger partial charge on any atom is 0.433 e. The molecular weight excluding hydrogens is 307 g/mol. The van der Waals surface area contributed by atoms with Gasteiger partial charge in [0.1, 0.15) is 11.4 Å². The molecule has 0 aliphatic carbocycles. The van der Waals surface area contributed by atoms with E-state index in [0.717, 1.165) is 16.3 Å². The number of phenolic OH excluding ortho intramolecular Hbond substituents is 1. The van der Waals surface area contributed by atoms with Gasteiger partial charge in [0.05, 0.1) is 5.69 Å². The Morgan fingerprint density at radius 2 is 1.95 bits per heavy atom. The lowest BCUT2D eigenvalue weighted by atomic mass is 10.2. The highest BCUT2D eigenvalue weighted by Crippen LogP contribution is 2.29. The second-order valence-corrected chi connectivity index (χ2v) is 4.42. The van der Waals surface area contributed by atoms with Crippen LogP contribution in [-0.2, 0) is 26.3 Å². The van der Waals surface area contributed by atoms with Gasteiger partial charge in [-0.1, -0.05) is 12.1 Å². The summed E-state index contributed by atoms with van der Waals surface area (Å²) >= 11 is 0. The van der Waals surface area contributed by atoms with Crippen LogP contribution in [0, 0.1) is 0 Å². The summed E-state index contributed by atoms with van der Waals surface area (Å²) in [6, 6.07) is 7.68. The van der Waals surface area contributed by atoms with Crippen LogP contribution >= 0.6 is 12.4 Å². The summed E-state index contributed by atoms with van der Waals surface area (Å²) in [5.41, 5.74) is 0.392. The Bertz CT molecular complexity index is 599. The molecule has 0 saturated carbocycles. The molecule has 0 atom stereocenters. The normalized spacial score (nSPS) is 11.2. The predicted octanol–water partition coefficient (Wildman–Crippen LogP) is 2.86. The molecule has 0 aliphatic heterocycles. The summed E-state index contributed by atoms with van der Waals surface area (Å²) in [7, 11) is 1.27. The molecule has 0 amide bonds. The summed E-state index contributed by atoms with van der Waals surface area (Å²) in [4.78, 5) is 0. The van der Waals surface area contributed by atoms with Crippen LogP contribution in [0.25, 0.3) is 0 Å². The number of aromatic nitrogens is 2. The molecule has 1 aromatic carbocycles. The van der Waals surface area contributed by atoms with E-state index in [4.69, 9.17) is 0 Å². The van der Waals surface area contributed by atoms with Crippen LogP contribution in [0.2, 0.25) is 0 Å². The van der Waals surface area contributed by atoms with Crippen molar-refractivity contribution >= 4 is 12.4 Å². The molecule has 2 rings (SSSR count). The van der Waals surface area contributed by atoms with Crippen LogP contribution in [0.4, 0.5) is 13.2 Å². The first-order valence-corrected chi connectivity index (χ1v) is 5.95. The quantitative estimate of drug-likeness (QED) is 0.910. The molecule has 0 fully saturated rings. The first kappa shape index (κ1) is 17.3. The van der Waals surface area contributed by atoms with Gasteiger partial charge >= 0.3 is 6.18 Å². The van der Waals surface area contributed by atoms with E-state index in [9.17, 15) is 18.3 Å². The van der Waals surface area contributed by atoms with Crippen molar-refractivity contribution in [1.29, 1.82) is 0 Å². The highest BCUT2D eigenvalue weighted by Gasteiger charge is 2.34. The van der Waals surface area contributed by atoms with E-state index in [0.29, 0.717) is 12.2 Å². The smallest absolute Gasteiger partial charge is 0.433 e. The van der Waals surface area contributed by atoms with Crippen LogP contribution in [-0.4, -0.2) is 14.9 Å². The molecule has 0 radical (unpaired) electrons. The molecular formula is C13H15ClF3N3O. The van der Waals surface area contributed by atoms with Crippen LogP contribution in [0.15, 0.2) is 30.3 Å². The molecule has 1 aromatic heterocycles. The van der Waals surface area contributed by atoms with Crippen molar-refractivity contribution in [3.63, 3.8) is 0 Å². The average molecular weight is 322 g/mol. The summed E-state index contributed by atoms with van der Waals surface area (Å²) in [5, 5.41) is 16.1. The first-order chi connectivity index (χ1) is 9.36. The maximum atomic E-state index is 12.6. The molecule has 0 unspecified atom stereocenters. The zero-order valence-electron chi connectivity index (χ0n) is 11.2. The van der Waals surface area contributed by atoms with Crippen molar-refractivity contribution in [2.45, 2.75) is 19.3 Å². The standard InChI is InChI=1S/C13H14F3N3O.ClH/c1-19-12(13(14,15)16)6-10(18-19)8-17-7-9-3-2-4-11(20)5-9;/h2-6,17,20H,7-8H2,1H3;1H. The van der Waals surface area contributed by atoms with E-state index in [1.165, 1.54) is 7.05 Å². The Kier molecular flexibility index (Phi) is 5.62. The lowest BCUT2D eigenvalue weighted by molar-refractivity contribution is -0.143. The van der Waals surface area contributed by atoms with E-state index in [1.807, 2.05) is 6.07 Å². The minimum Gasteiger partial charge on any atom is -0.508 e. The minimum absolute atomic E-state index is 0. The lowest BCUT2D eigenvalue weighted by Crippen LogP contribution is -2.13. The summed E-state index contributed by atoms with van der Waals surface area (Å²) in [5.74, 6) is 0.154. The monoisotopic (exact) mass is 321 g/mol. The third-order valence-electron chi connectivity index (χ3n) is 2.77. The zero-order chi connectivity index (χ0) is 14.8. The number of benzene rings is 1. The van der Waals surface area contributed by atoms with Gasteiger partial charge in [-0.05, 0) is 23.8 Å². The number of rotatable bonds is 4. The third kappa shape index (κ3) is 4.64. The number of nitrogens with one attached hydrogen (secondary N) is 1. The van der Waals surface area contributed by atoms with Crippen LogP contribution in [0.5, 0.6) is 5.75 Å². The molecule has 0 aliphatic rings. The molecule has 1 heterocycles. The van der Waals surface area contributed by atoms with Gasteiger partial charge in [0, 0.05) is 20.1 Å². The molecule has 4 nitrogen and oxygen atoms in total. The van der Waals surface area contributed by atoms with E-state index in [-0.39, 0.29) is 24.7 Å². The lowest BCUT2D eigenvalue weighted by Gasteiger charge is -2.04. The van der Waals surface area contributed by atoms with Crippen molar-refractivity contribution in [2.75, 3.05) is 0 Å². The summed E-state index contributed by atoms with van der Waals surface area (Å²) in [6.07, 6.45) is -4.40. The Hall–Kier alpha value is -1.73. The zero-order valence-corrected chi connectivity index (χ0v) is 12.0. The second-order valence-electron chi connectivity index (χ2n) is 4.42. The predicted molar refractivity (Wildman–Crippen MR) is 74.1 cm³/mol. The van der Waals surface area contributed by atoms with Gasteiger partial charge in [0.15, 0.2) is 0 Å². The van der Waals surface area contributed by atoms with Crippen molar-refractivity contribution in [2.24, 2.45) is 7.05 Å². The van der Waals surface area contributed by atoms with Crippen molar-refractivity contribution in [3.8, 4) is 5.75 Å². The molecule has 2 aromatic rings.